The zero-order valence-corrected chi connectivity index (χ0v) is 15.7. The number of thioether (sulfide) groups is 1. The predicted molar refractivity (Wildman–Crippen MR) is 99.3 cm³/mol. The van der Waals surface area contributed by atoms with Crippen LogP contribution in [0, 0.1) is 0 Å². The lowest BCUT2D eigenvalue weighted by atomic mass is 10.0. The van der Waals surface area contributed by atoms with Crippen LogP contribution in [0.5, 0.6) is 0 Å². The number of hydrogen-bond donors (Lipinski definition) is 1. The molecule has 0 saturated carbocycles. The van der Waals surface area contributed by atoms with Crippen molar-refractivity contribution in [2.75, 3.05) is 19.8 Å². The van der Waals surface area contributed by atoms with Gasteiger partial charge in [-0.1, -0.05) is 18.2 Å². The first kappa shape index (κ1) is 18.0. The standard InChI is InChI=1S/C18H20N2O3S2/c1-20(2)25(22,23)14-9-7-13(8-10-14)18(21)19-16-11-12-24-17-6-4-3-5-15(16)17/h3-10,16H,11-12H2,1-2H3,(H,19,21)/t16-/m1/s1. The fourth-order valence-corrected chi connectivity index (χ4v) is 4.75. The predicted octanol–water partition coefficient (Wildman–Crippen LogP) is 2.90. The molecule has 1 amide bonds. The minimum atomic E-state index is -3.49. The Bertz CT molecular complexity index is 877. The van der Waals surface area contributed by atoms with Crippen molar-refractivity contribution in [3.63, 3.8) is 0 Å². The van der Waals surface area contributed by atoms with Gasteiger partial charge in [0.25, 0.3) is 5.91 Å². The molecule has 2 aromatic rings. The second-order valence-corrected chi connectivity index (χ2v) is 9.30. The first-order chi connectivity index (χ1) is 11.9. The number of carbonyl (C=O) groups excluding carboxylic acids is 1. The number of nitrogens with one attached hydrogen (secondary N) is 1. The number of sulfonamides is 1. The molecule has 132 valence electrons. The van der Waals surface area contributed by atoms with Crippen LogP contribution in [0.2, 0.25) is 0 Å². The third-order valence-corrected chi connectivity index (χ3v) is 7.11. The number of hydrogen-bond acceptors (Lipinski definition) is 4. The smallest absolute Gasteiger partial charge is 0.251 e. The highest BCUT2D eigenvalue weighted by atomic mass is 32.2. The molecule has 1 aliphatic heterocycles. The lowest BCUT2D eigenvalue weighted by Crippen LogP contribution is -2.30. The molecule has 3 rings (SSSR count). The lowest BCUT2D eigenvalue weighted by molar-refractivity contribution is 0.0935. The minimum absolute atomic E-state index is 0.0184. The Balaban J connectivity index is 1.77. The molecule has 7 heteroatoms. The van der Waals surface area contributed by atoms with Crippen molar-refractivity contribution >= 4 is 27.7 Å². The van der Waals surface area contributed by atoms with Gasteiger partial charge in [-0.3, -0.25) is 4.79 Å². The molecule has 1 aliphatic rings. The van der Waals surface area contributed by atoms with Crippen LogP contribution in [0.1, 0.15) is 28.4 Å². The molecule has 0 aromatic heterocycles. The summed E-state index contributed by atoms with van der Waals surface area (Å²) >= 11 is 1.80. The minimum Gasteiger partial charge on any atom is -0.345 e. The zero-order valence-electron chi connectivity index (χ0n) is 14.1. The Kier molecular flexibility index (Phi) is 5.17. The number of benzene rings is 2. The van der Waals surface area contributed by atoms with E-state index >= 15 is 0 Å². The van der Waals surface area contributed by atoms with Crippen molar-refractivity contribution in [2.45, 2.75) is 22.3 Å². The van der Waals surface area contributed by atoms with Crippen LogP contribution < -0.4 is 5.32 Å². The molecule has 0 aliphatic carbocycles. The molecule has 5 nitrogen and oxygen atoms in total. The average molecular weight is 377 g/mol. The van der Waals surface area contributed by atoms with Gasteiger partial charge < -0.3 is 5.32 Å². The summed E-state index contributed by atoms with van der Waals surface area (Å²) in [6.07, 6.45) is 0.876. The SMILES string of the molecule is CN(C)S(=O)(=O)c1ccc(C(=O)N[C@@H]2CCSc3ccccc32)cc1. The van der Waals surface area contributed by atoms with E-state index in [0.717, 1.165) is 22.0 Å². The van der Waals surface area contributed by atoms with Gasteiger partial charge in [-0.15, -0.1) is 11.8 Å². The molecule has 2 aromatic carbocycles. The van der Waals surface area contributed by atoms with Gasteiger partial charge in [-0.2, -0.15) is 0 Å². The van der Waals surface area contributed by atoms with Gasteiger partial charge in [0.2, 0.25) is 10.0 Å². The molecule has 0 spiro atoms. The van der Waals surface area contributed by atoms with Gasteiger partial charge in [0.05, 0.1) is 10.9 Å². The number of fused-ring (bicyclic) bond motifs is 1. The van der Waals surface area contributed by atoms with E-state index in [2.05, 4.69) is 11.4 Å². The Morgan fingerprint density at radius 2 is 1.80 bits per heavy atom. The topological polar surface area (TPSA) is 66.5 Å². The van der Waals surface area contributed by atoms with Gasteiger partial charge in [0.1, 0.15) is 0 Å². The highest BCUT2D eigenvalue weighted by Crippen LogP contribution is 2.35. The van der Waals surface area contributed by atoms with E-state index < -0.39 is 10.0 Å². The summed E-state index contributed by atoms with van der Waals surface area (Å²) in [5, 5.41) is 3.06. The van der Waals surface area contributed by atoms with E-state index in [4.69, 9.17) is 0 Å². The van der Waals surface area contributed by atoms with Crippen molar-refractivity contribution in [3.8, 4) is 0 Å². The highest BCUT2D eigenvalue weighted by molar-refractivity contribution is 7.99. The molecule has 0 fully saturated rings. The van der Waals surface area contributed by atoms with E-state index in [1.54, 1.807) is 23.9 Å². The summed E-state index contributed by atoms with van der Waals surface area (Å²) in [5.41, 5.74) is 1.59. The Labute approximate surface area is 152 Å². The fourth-order valence-electron chi connectivity index (χ4n) is 2.72. The van der Waals surface area contributed by atoms with Gasteiger partial charge in [0.15, 0.2) is 0 Å². The molecule has 1 heterocycles. The molecule has 0 radical (unpaired) electrons. The van der Waals surface area contributed by atoms with Gasteiger partial charge in [0, 0.05) is 30.3 Å². The zero-order chi connectivity index (χ0) is 18.0. The van der Waals surface area contributed by atoms with Crippen molar-refractivity contribution in [1.82, 2.24) is 9.62 Å². The van der Waals surface area contributed by atoms with Crippen LogP contribution in [-0.4, -0.2) is 38.5 Å². The molecular formula is C18H20N2O3S2. The van der Waals surface area contributed by atoms with Gasteiger partial charge >= 0.3 is 0 Å². The molecule has 0 saturated heterocycles. The van der Waals surface area contributed by atoms with E-state index in [0.29, 0.717) is 5.56 Å². The Morgan fingerprint density at radius 3 is 2.48 bits per heavy atom. The van der Waals surface area contributed by atoms with E-state index in [-0.39, 0.29) is 16.8 Å². The summed E-state index contributed by atoms with van der Waals surface area (Å²) in [4.78, 5) is 13.9. The monoisotopic (exact) mass is 376 g/mol. The second-order valence-electron chi connectivity index (χ2n) is 6.01. The van der Waals surface area contributed by atoms with E-state index in [1.165, 1.54) is 31.1 Å². The third kappa shape index (κ3) is 3.73. The van der Waals surface area contributed by atoms with E-state index in [1.807, 2.05) is 18.2 Å². The van der Waals surface area contributed by atoms with Gasteiger partial charge in [-0.25, -0.2) is 12.7 Å². The number of nitrogens with zero attached hydrogens (tertiary/aromatic N) is 1. The first-order valence-corrected chi connectivity index (χ1v) is 10.4. The molecule has 1 atom stereocenters. The van der Waals surface area contributed by atoms with Crippen LogP contribution in [0.25, 0.3) is 0 Å². The van der Waals surface area contributed by atoms with Crippen molar-refractivity contribution in [1.29, 1.82) is 0 Å². The number of amides is 1. The molecule has 25 heavy (non-hydrogen) atoms. The average Bonchev–Trinajstić information content (AvgIpc) is 2.62. The maximum atomic E-state index is 12.5. The second kappa shape index (κ2) is 7.19. The summed E-state index contributed by atoms with van der Waals surface area (Å²) in [6, 6.07) is 14.1. The fraction of sp³-hybridized carbons (Fsp3) is 0.278. The number of rotatable bonds is 4. The molecule has 0 bridgehead atoms. The molecule has 1 N–H and O–H groups in total. The lowest BCUT2D eigenvalue weighted by Gasteiger charge is -2.26. The maximum absolute atomic E-state index is 12.5. The van der Waals surface area contributed by atoms with E-state index in [9.17, 15) is 13.2 Å². The molecular weight excluding hydrogens is 356 g/mol. The largest absolute Gasteiger partial charge is 0.345 e. The van der Waals surface area contributed by atoms with Crippen LogP contribution >= 0.6 is 11.8 Å². The van der Waals surface area contributed by atoms with Crippen LogP contribution in [0.15, 0.2) is 58.3 Å². The first-order valence-electron chi connectivity index (χ1n) is 7.95. The Morgan fingerprint density at radius 1 is 1.12 bits per heavy atom. The number of carbonyl (C=O) groups is 1. The normalized spacial score (nSPS) is 17.2. The summed E-state index contributed by atoms with van der Waals surface area (Å²) in [5.74, 6) is 0.766. The van der Waals surface area contributed by atoms with Crippen LogP contribution in [0.4, 0.5) is 0 Å². The Hall–Kier alpha value is -1.83. The summed E-state index contributed by atoms with van der Waals surface area (Å²) in [6.45, 7) is 0. The highest BCUT2D eigenvalue weighted by Gasteiger charge is 2.23. The van der Waals surface area contributed by atoms with Gasteiger partial charge in [-0.05, 0) is 42.3 Å². The quantitative estimate of drug-likeness (QED) is 0.891. The van der Waals surface area contributed by atoms with Crippen LogP contribution in [0.3, 0.4) is 0 Å². The summed E-state index contributed by atoms with van der Waals surface area (Å²) < 4.78 is 25.3. The third-order valence-electron chi connectivity index (χ3n) is 4.16. The van der Waals surface area contributed by atoms with Crippen molar-refractivity contribution in [3.05, 3.63) is 59.7 Å². The summed E-state index contributed by atoms with van der Waals surface area (Å²) in [7, 11) is -0.526. The van der Waals surface area contributed by atoms with Crippen molar-refractivity contribution < 1.29 is 13.2 Å². The van der Waals surface area contributed by atoms with Crippen LogP contribution in [-0.2, 0) is 10.0 Å². The molecule has 0 unspecified atom stereocenters. The van der Waals surface area contributed by atoms with Crippen molar-refractivity contribution in [2.24, 2.45) is 0 Å². The maximum Gasteiger partial charge on any atom is 0.251 e.